The van der Waals surface area contributed by atoms with E-state index in [1.807, 2.05) is 6.07 Å². The monoisotopic (exact) mass is 553 g/mol. The van der Waals surface area contributed by atoms with Gasteiger partial charge in [-0.2, -0.15) is 0 Å². The van der Waals surface area contributed by atoms with Crippen LogP contribution in [0.25, 0.3) is 10.9 Å². The molecule has 2 aromatic carbocycles. The van der Waals surface area contributed by atoms with Crippen molar-refractivity contribution < 1.29 is 24.0 Å². The van der Waals surface area contributed by atoms with E-state index < -0.39 is 16.9 Å². The zero-order valence-electron chi connectivity index (χ0n) is 16.4. The van der Waals surface area contributed by atoms with Gasteiger partial charge in [0.05, 0.1) is 21.0 Å². The van der Waals surface area contributed by atoms with Crippen molar-refractivity contribution in [2.45, 2.75) is 19.4 Å². The van der Waals surface area contributed by atoms with E-state index in [1.165, 1.54) is 26.2 Å². The molecule has 0 spiro atoms. The number of methoxy groups -OCH3 is 1. The average molecular weight is 555 g/mol. The fraction of sp³-hybridized carbons (Fsp3) is 0.200. The molecule has 162 valence electrons. The molecule has 0 bridgehead atoms. The first-order valence-corrected chi connectivity index (χ1v) is 10.5. The number of non-ortho nitro benzene ring substituents is 1. The molecule has 0 radical (unpaired) electrons. The van der Waals surface area contributed by atoms with E-state index >= 15 is 0 Å². The van der Waals surface area contributed by atoms with Crippen molar-refractivity contribution in [1.82, 2.24) is 10.3 Å². The molecule has 1 amide bonds. The number of aromatic amines is 1. The lowest BCUT2D eigenvalue weighted by Crippen LogP contribution is -2.41. The molecule has 1 heterocycles. The molecule has 31 heavy (non-hydrogen) atoms. The van der Waals surface area contributed by atoms with Crippen LogP contribution >= 0.6 is 31.9 Å². The minimum atomic E-state index is -0.830. The Morgan fingerprint density at radius 2 is 1.90 bits per heavy atom. The molecule has 1 atom stereocenters. The lowest BCUT2D eigenvalue weighted by Gasteiger charge is -2.15. The number of benzene rings is 2. The number of carbonyl (C=O) groups excluding carboxylic acids is 2. The summed E-state index contributed by atoms with van der Waals surface area (Å²) in [7, 11) is 1.26. The predicted octanol–water partition coefficient (Wildman–Crippen LogP) is 4.61. The van der Waals surface area contributed by atoms with E-state index in [4.69, 9.17) is 9.47 Å². The van der Waals surface area contributed by atoms with Crippen molar-refractivity contribution >= 4 is 60.3 Å². The van der Waals surface area contributed by atoms with E-state index in [2.05, 4.69) is 42.2 Å². The lowest BCUT2D eigenvalue weighted by molar-refractivity contribution is -0.385. The zero-order chi connectivity index (χ0) is 22.7. The lowest BCUT2D eigenvalue weighted by atomic mass is 10.0. The molecule has 0 aliphatic rings. The third-order valence-electron chi connectivity index (χ3n) is 4.44. The first-order chi connectivity index (χ1) is 14.7. The summed E-state index contributed by atoms with van der Waals surface area (Å²) in [6, 6.07) is 7.22. The minimum absolute atomic E-state index is 0.0821. The highest BCUT2D eigenvalue weighted by Gasteiger charge is 2.22. The molecule has 2 N–H and O–H groups in total. The zero-order valence-corrected chi connectivity index (χ0v) is 19.6. The summed E-state index contributed by atoms with van der Waals surface area (Å²) < 4.78 is 11.6. The minimum Gasteiger partial charge on any atom is -0.467 e. The second-order valence-corrected chi connectivity index (χ2v) is 8.31. The SMILES string of the molecule is COC(=O)C(Cc1c[nH]c2ccc(Oc3c(Br)cc([N+](=O)[O-])cc3Br)cc12)NC(C)=O. The van der Waals surface area contributed by atoms with E-state index in [0.29, 0.717) is 20.4 Å². The summed E-state index contributed by atoms with van der Waals surface area (Å²) in [5.74, 6) is -0.0201. The third-order valence-corrected chi connectivity index (χ3v) is 5.62. The van der Waals surface area contributed by atoms with Gasteiger partial charge >= 0.3 is 5.97 Å². The number of aromatic nitrogens is 1. The summed E-state index contributed by atoms with van der Waals surface area (Å²) in [4.78, 5) is 37.1. The molecule has 0 fully saturated rings. The Balaban J connectivity index is 1.92. The average Bonchev–Trinajstić information content (AvgIpc) is 3.11. The molecule has 0 aliphatic heterocycles. The number of nitro benzene ring substituents is 1. The maximum Gasteiger partial charge on any atom is 0.328 e. The molecule has 0 saturated carbocycles. The fourth-order valence-corrected chi connectivity index (χ4v) is 4.38. The van der Waals surface area contributed by atoms with Crippen molar-refractivity contribution in [2.75, 3.05) is 7.11 Å². The summed E-state index contributed by atoms with van der Waals surface area (Å²) in [6.07, 6.45) is 1.98. The second-order valence-electron chi connectivity index (χ2n) is 6.60. The van der Waals surface area contributed by atoms with Gasteiger partial charge in [0.15, 0.2) is 5.75 Å². The van der Waals surface area contributed by atoms with Gasteiger partial charge in [-0.05, 0) is 55.6 Å². The Morgan fingerprint density at radius 1 is 1.23 bits per heavy atom. The van der Waals surface area contributed by atoms with Crippen LogP contribution in [0.5, 0.6) is 11.5 Å². The van der Waals surface area contributed by atoms with Gasteiger partial charge in [-0.3, -0.25) is 14.9 Å². The van der Waals surface area contributed by atoms with Gasteiger partial charge in [0.25, 0.3) is 5.69 Å². The summed E-state index contributed by atoms with van der Waals surface area (Å²) in [6.45, 7) is 1.33. The molecular formula is C20H17Br2N3O6. The number of nitro groups is 1. The van der Waals surface area contributed by atoms with E-state index in [9.17, 15) is 19.7 Å². The number of nitrogens with one attached hydrogen (secondary N) is 2. The highest BCUT2D eigenvalue weighted by Crippen LogP contribution is 2.40. The van der Waals surface area contributed by atoms with Crippen LogP contribution in [0, 0.1) is 10.1 Å². The number of nitrogens with zero attached hydrogens (tertiary/aromatic N) is 1. The van der Waals surface area contributed by atoms with Crippen LogP contribution in [0.4, 0.5) is 5.69 Å². The van der Waals surface area contributed by atoms with E-state index in [1.54, 1.807) is 18.3 Å². The van der Waals surface area contributed by atoms with Crippen molar-refractivity contribution in [2.24, 2.45) is 0 Å². The van der Waals surface area contributed by atoms with Gasteiger partial charge in [-0.15, -0.1) is 0 Å². The van der Waals surface area contributed by atoms with E-state index in [-0.39, 0.29) is 18.0 Å². The van der Waals surface area contributed by atoms with Crippen LogP contribution < -0.4 is 10.1 Å². The maximum absolute atomic E-state index is 12.0. The molecule has 3 rings (SSSR count). The third kappa shape index (κ3) is 5.23. The molecule has 11 heteroatoms. The van der Waals surface area contributed by atoms with Crippen LogP contribution in [0.3, 0.4) is 0 Å². The smallest absolute Gasteiger partial charge is 0.328 e. The van der Waals surface area contributed by atoms with Crippen molar-refractivity contribution in [3.05, 3.63) is 61.2 Å². The molecular weight excluding hydrogens is 538 g/mol. The van der Waals surface area contributed by atoms with Gasteiger partial charge in [0.2, 0.25) is 5.91 Å². The number of fused-ring (bicyclic) bond motifs is 1. The number of H-pyrrole nitrogens is 1. The number of esters is 1. The van der Waals surface area contributed by atoms with Gasteiger partial charge < -0.3 is 19.8 Å². The van der Waals surface area contributed by atoms with Crippen LogP contribution in [0.1, 0.15) is 12.5 Å². The number of halogens is 2. The highest BCUT2D eigenvalue weighted by molar-refractivity contribution is 9.11. The Kier molecular flexibility index (Phi) is 6.96. The number of ether oxygens (including phenoxy) is 2. The van der Waals surface area contributed by atoms with E-state index in [0.717, 1.165) is 16.5 Å². The first kappa shape index (κ1) is 22.8. The van der Waals surface area contributed by atoms with Crippen molar-refractivity contribution in [3.63, 3.8) is 0 Å². The summed E-state index contributed by atoms with van der Waals surface area (Å²) >= 11 is 6.61. The normalized spacial score (nSPS) is 11.7. The Morgan fingerprint density at radius 3 is 2.48 bits per heavy atom. The largest absolute Gasteiger partial charge is 0.467 e. The molecule has 1 unspecified atom stereocenters. The fourth-order valence-electron chi connectivity index (χ4n) is 3.06. The van der Waals surface area contributed by atoms with Gasteiger partial charge in [-0.1, -0.05) is 0 Å². The van der Waals surface area contributed by atoms with Crippen LogP contribution in [-0.2, 0) is 20.7 Å². The van der Waals surface area contributed by atoms with Crippen molar-refractivity contribution in [1.29, 1.82) is 0 Å². The quantitative estimate of drug-likeness (QED) is 0.249. The summed E-state index contributed by atoms with van der Waals surface area (Å²) in [5, 5.41) is 14.4. The number of hydrogen-bond donors (Lipinski definition) is 2. The molecule has 0 aliphatic carbocycles. The molecule has 1 aromatic heterocycles. The summed E-state index contributed by atoms with van der Waals surface area (Å²) in [5.41, 5.74) is 1.52. The standard InChI is InChI=1S/C20H17Br2N3O6/c1-10(26)24-18(20(27)30-2)5-11-9-23-17-4-3-13(8-14(11)17)31-19-15(21)6-12(25(28)29)7-16(19)22/h3-4,6-9,18,23H,5H2,1-2H3,(H,24,26). The first-order valence-electron chi connectivity index (χ1n) is 8.95. The number of amides is 1. The number of rotatable bonds is 7. The molecule has 9 nitrogen and oxygen atoms in total. The topological polar surface area (TPSA) is 124 Å². The number of hydrogen-bond acceptors (Lipinski definition) is 6. The number of carbonyl (C=O) groups is 2. The second kappa shape index (κ2) is 9.48. The Bertz CT molecular complexity index is 1150. The maximum atomic E-state index is 12.0. The van der Waals surface area contributed by atoms with Crippen LogP contribution in [-0.4, -0.2) is 34.9 Å². The van der Waals surface area contributed by atoms with Crippen LogP contribution in [0.15, 0.2) is 45.5 Å². The van der Waals surface area contributed by atoms with Gasteiger partial charge in [0.1, 0.15) is 11.8 Å². The Hall–Kier alpha value is -2.92. The molecule has 0 saturated heterocycles. The Labute approximate surface area is 193 Å². The van der Waals surface area contributed by atoms with Gasteiger partial charge in [0, 0.05) is 42.6 Å². The molecule has 3 aromatic rings. The van der Waals surface area contributed by atoms with Crippen molar-refractivity contribution in [3.8, 4) is 11.5 Å². The highest BCUT2D eigenvalue weighted by atomic mass is 79.9. The predicted molar refractivity (Wildman–Crippen MR) is 120 cm³/mol. The van der Waals surface area contributed by atoms with Gasteiger partial charge in [-0.25, -0.2) is 4.79 Å². The van der Waals surface area contributed by atoms with Crippen LogP contribution in [0.2, 0.25) is 0 Å².